The summed E-state index contributed by atoms with van der Waals surface area (Å²) in [5.74, 6) is 0. The van der Waals surface area contributed by atoms with Crippen molar-refractivity contribution >= 4 is 34.9 Å². The molecular formula is C18H14Cl2N4O. The largest absolute Gasteiger partial charge is 0.332 e. The third-order valence-electron chi connectivity index (χ3n) is 3.40. The number of nitrogens with one attached hydrogen (secondary N) is 2. The van der Waals surface area contributed by atoms with Crippen LogP contribution in [0.2, 0.25) is 10.0 Å². The van der Waals surface area contributed by atoms with E-state index in [2.05, 4.69) is 20.6 Å². The van der Waals surface area contributed by atoms with Crippen molar-refractivity contribution in [1.82, 2.24) is 15.3 Å². The van der Waals surface area contributed by atoms with E-state index in [1.54, 1.807) is 18.2 Å². The fourth-order valence-electron chi connectivity index (χ4n) is 2.19. The van der Waals surface area contributed by atoms with Gasteiger partial charge in [-0.1, -0.05) is 53.5 Å². The zero-order valence-electron chi connectivity index (χ0n) is 13.0. The number of benzene rings is 2. The van der Waals surface area contributed by atoms with Gasteiger partial charge in [-0.2, -0.15) is 0 Å². The lowest BCUT2D eigenvalue weighted by atomic mass is 10.1. The fourth-order valence-corrected chi connectivity index (χ4v) is 2.53. The molecule has 0 atom stereocenters. The van der Waals surface area contributed by atoms with Crippen LogP contribution < -0.4 is 10.6 Å². The zero-order chi connectivity index (χ0) is 17.6. The molecule has 3 aromatic rings. The highest BCUT2D eigenvalue weighted by atomic mass is 35.5. The van der Waals surface area contributed by atoms with Crippen molar-refractivity contribution in [3.8, 4) is 11.3 Å². The van der Waals surface area contributed by atoms with E-state index in [9.17, 15) is 4.79 Å². The summed E-state index contributed by atoms with van der Waals surface area (Å²) in [4.78, 5) is 20.5. The van der Waals surface area contributed by atoms with Gasteiger partial charge in [-0.15, -0.1) is 0 Å². The molecule has 25 heavy (non-hydrogen) atoms. The molecule has 1 aromatic heterocycles. The molecule has 2 amide bonds. The van der Waals surface area contributed by atoms with Crippen molar-refractivity contribution in [2.24, 2.45) is 0 Å². The van der Waals surface area contributed by atoms with Crippen molar-refractivity contribution in [2.75, 3.05) is 5.32 Å². The molecule has 0 radical (unpaired) electrons. The summed E-state index contributed by atoms with van der Waals surface area (Å²) in [5.41, 5.74) is 2.92. The molecule has 2 N–H and O–H groups in total. The fraction of sp³-hybridized carbons (Fsp3) is 0.0556. The zero-order valence-corrected chi connectivity index (χ0v) is 14.6. The normalized spacial score (nSPS) is 10.3. The van der Waals surface area contributed by atoms with E-state index in [0.717, 1.165) is 11.3 Å². The lowest BCUT2D eigenvalue weighted by molar-refractivity contribution is 0.251. The smallest absolute Gasteiger partial charge is 0.319 e. The van der Waals surface area contributed by atoms with Gasteiger partial charge in [-0.25, -0.2) is 14.8 Å². The number of amides is 2. The second-order valence-corrected chi connectivity index (χ2v) is 6.04. The van der Waals surface area contributed by atoms with Crippen LogP contribution in [0.5, 0.6) is 0 Å². The van der Waals surface area contributed by atoms with Gasteiger partial charge in [0.2, 0.25) is 0 Å². The van der Waals surface area contributed by atoms with E-state index in [0.29, 0.717) is 21.4 Å². The van der Waals surface area contributed by atoms with Crippen LogP contribution in [0.1, 0.15) is 5.69 Å². The number of rotatable bonds is 4. The lowest BCUT2D eigenvalue weighted by Gasteiger charge is -2.09. The molecule has 1 heterocycles. The molecular weight excluding hydrogens is 359 g/mol. The van der Waals surface area contributed by atoms with Gasteiger partial charge in [0.15, 0.2) is 0 Å². The number of aromatic nitrogens is 2. The highest BCUT2D eigenvalue weighted by molar-refractivity contribution is 6.35. The summed E-state index contributed by atoms with van der Waals surface area (Å²) < 4.78 is 0. The molecule has 3 rings (SSSR count). The van der Waals surface area contributed by atoms with Crippen LogP contribution in [0.15, 0.2) is 60.9 Å². The van der Waals surface area contributed by atoms with E-state index in [4.69, 9.17) is 23.2 Å². The monoisotopic (exact) mass is 372 g/mol. The molecule has 5 nitrogen and oxygen atoms in total. The van der Waals surface area contributed by atoms with Gasteiger partial charge in [-0.05, 0) is 24.3 Å². The number of carbonyl (C=O) groups excluding carboxylic acids is 1. The number of carbonyl (C=O) groups is 1. The van der Waals surface area contributed by atoms with Crippen molar-refractivity contribution in [3.05, 3.63) is 76.7 Å². The summed E-state index contributed by atoms with van der Waals surface area (Å²) >= 11 is 11.9. The number of anilines is 1. The van der Waals surface area contributed by atoms with Crippen molar-refractivity contribution < 1.29 is 4.79 Å². The molecule has 0 saturated heterocycles. The first kappa shape index (κ1) is 17.2. The first-order chi connectivity index (χ1) is 12.1. The van der Waals surface area contributed by atoms with Crippen LogP contribution in [0.25, 0.3) is 11.3 Å². The standard InChI is InChI=1S/C18H14Cl2N4O/c19-13-6-7-15(20)17(8-13)24-18(25)21-10-14-9-16(23-11-22-14)12-4-2-1-3-5-12/h1-9,11H,10H2,(H2,21,24,25). The molecule has 0 saturated carbocycles. The molecule has 0 aliphatic carbocycles. The minimum absolute atomic E-state index is 0.256. The molecule has 0 aliphatic rings. The Bertz CT molecular complexity index is 887. The molecule has 0 fully saturated rings. The number of hydrogen-bond donors (Lipinski definition) is 2. The minimum atomic E-state index is -0.399. The number of nitrogens with zero attached hydrogens (tertiary/aromatic N) is 2. The lowest BCUT2D eigenvalue weighted by Crippen LogP contribution is -2.28. The molecule has 0 spiro atoms. The molecule has 0 unspecified atom stereocenters. The quantitative estimate of drug-likeness (QED) is 0.692. The average molecular weight is 373 g/mol. The van der Waals surface area contributed by atoms with Gasteiger partial charge < -0.3 is 10.6 Å². The Morgan fingerprint density at radius 1 is 1.00 bits per heavy atom. The SMILES string of the molecule is O=C(NCc1cc(-c2ccccc2)ncn1)Nc1cc(Cl)ccc1Cl. The van der Waals surface area contributed by atoms with Crippen LogP contribution in [-0.4, -0.2) is 16.0 Å². The van der Waals surface area contributed by atoms with Gasteiger partial charge in [0, 0.05) is 10.6 Å². The van der Waals surface area contributed by atoms with Crippen LogP contribution in [-0.2, 0) is 6.54 Å². The van der Waals surface area contributed by atoms with Crippen LogP contribution in [0.4, 0.5) is 10.5 Å². The van der Waals surface area contributed by atoms with Crippen molar-refractivity contribution in [1.29, 1.82) is 0 Å². The summed E-state index contributed by atoms with van der Waals surface area (Å²) in [6.45, 7) is 0.256. The minimum Gasteiger partial charge on any atom is -0.332 e. The van der Waals surface area contributed by atoms with E-state index < -0.39 is 6.03 Å². The Morgan fingerprint density at radius 2 is 1.80 bits per heavy atom. The van der Waals surface area contributed by atoms with Gasteiger partial charge in [0.1, 0.15) is 6.33 Å². The first-order valence-electron chi connectivity index (χ1n) is 7.48. The second kappa shape index (κ2) is 7.96. The van der Waals surface area contributed by atoms with E-state index in [-0.39, 0.29) is 6.54 Å². The first-order valence-corrected chi connectivity index (χ1v) is 8.23. The molecule has 7 heteroatoms. The van der Waals surface area contributed by atoms with Crippen LogP contribution in [0.3, 0.4) is 0 Å². The third-order valence-corrected chi connectivity index (χ3v) is 3.96. The van der Waals surface area contributed by atoms with Crippen LogP contribution in [0, 0.1) is 0 Å². The maximum Gasteiger partial charge on any atom is 0.319 e. The highest BCUT2D eigenvalue weighted by Crippen LogP contribution is 2.25. The summed E-state index contributed by atoms with van der Waals surface area (Å²) in [7, 11) is 0. The summed E-state index contributed by atoms with van der Waals surface area (Å²) in [6, 6.07) is 16.1. The number of hydrogen-bond acceptors (Lipinski definition) is 3. The maximum atomic E-state index is 12.0. The van der Waals surface area contributed by atoms with Crippen LogP contribution >= 0.6 is 23.2 Å². The van der Waals surface area contributed by atoms with Gasteiger partial charge >= 0.3 is 6.03 Å². The van der Waals surface area contributed by atoms with E-state index in [1.807, 2.05) is 36.4 Å². The number of urea groups is 1. The molecule has 0 aliphatic heterocycles. The Kier molecular flexibility index (Phi) is 5.48. The van der Waals surface area contributed by atoms with Crippen molar-refractivity contribution in [3.63, 3.8) is 0 Å². The van der Waals surface area contributed by atoms with Gasteiger partial charge in [-0.3, -0.25) is 0 Å². The Hall–Kier alpha value is -2.63. The average Bonchev–Trinajstić information content (AvgIpc) is 2.64. The van der Waals surface area contributed by atoms with Gasteiger partial charge in [0.25, 0.3) is 0 Å². The predicted molar refractivity (Wildman–Crippen MR) is 99.8 cm³/mol. The van der Waals surface area contributed by atoms with Gasteiger partial charge in [0.05, 0.1) is 28.6 Å². The van der Waals surface area contributed by atoms with E-state index in [1.165, 1.54) is 6.33 Å². The summed E-state index contributed by atoms with van der Waals surface area (Å²) in [6.07, 6.45) is 1.48. The molecule has 2 aromatic carbocycles. The maximum absolute atomic E-state index is 12.0. The Morgan fingerprint density at radius 3 is 2.60 bits per heavy atom. The molecule has 126 valence electrons. The third kappa shape index (κ3) is 4.68. The van der Waals surface area contributed by atoms with Crippen molar-refractivity contribution in [2.45, 2.75) is 6.54 Å². The van der Waals surface area contributed by atoms with E-state index >= 15 is 0 Å². The predicted octanol–water partition coefficient (Wildman–Crippen LogP) is 4.77. The Balaban J connectivity index is 1.63. The highest BCUT2D eigenvalue weighted by Gasteiger charge is 2.07. The second-order valence-electron chi connectivity index (χ2n) is 5.19. The Labute approximate surface area is 155 Å². The topological polar surface area (TPSA) is 66.9 Å². The summed E-state index contributed by atoms with van der Waals surface area (Å²) in [5, 5.41) is 6.29. The molecule has 0 bridgehead atoms. The number of halogens is 2.